The van der Waals surface area contributed by atoms with E-state index in [1.54, 1.807) is 17.5 Å². The number of anilines is 1. The summed E-state index contributed by atoms with van der Waals surface area (Å²) in [6.45, 7) is 1.97. The summed E-state index contributed by atoms with van der Waals surface area (Å²) in [6.07, 6.45) is 3.03. The molecule has 158 valence electrons. The zero-order valence-electron chi connectivity index (χ0n) is 17.4. The first-order valence-electron chi connectivity index (χ1n) is 9.78. The molecule has 32 heavy (non-hydrogen) atoms. The van der Waals surface area contributed by atoms with Gasteiger partial charge in [-0.25, -0.2) is 0 Å². The molecule has 0 spiro atoms. The number of carbonyl (C=O) groups excluding carboxylic acids is 1. The van der Waals surface area contributed by atoms with Crippen LogP contribution in [0.15, 0.2) is 66.3 Å². The van der Waals surface area contributed by atoms with E-state index in [0.717, 1.165) is 11.1 Å². The fourth-order valence-electron chi connectivity index (χ4n) is 3.37. The SMILES string of the molecule is COc1cncc(NC(C(=O)c2nscc2-c2ccccc2C#N)c2cccc(C)c2)n1. The highest BCUT2D eigenvalue weighted by atomic mass is 32.1. The Morgan fingerprint density at radius 1 is 1.16 bits per heavy atom. The number of nitrogens with one attached hydrogen (secondary N) is 1. The number of carbonyl (C=O) groups is 1. The van der Waals surface area contributed by atoms with Crippen molar-refractivity contribution in [2.45, 2.75) is 13.0 Å². The van der Waals surface area contributed by atoms with Crippen LogP contribution in [-0.2, 0) is 0 Å². The molecule has 0 bridgehead atoms. The summed E-state index contributed by atoms with van der Waals surface area (Å²) in [5.74, 6) is 0.505. The van der Waals surface area contributed by atoms with Crippen molar-refractivity contribution in [1.82, 2.24) is 14.3 Å². The minimum Gasteiger partial charge on any atom is -0.480 e. The van der Waals surface area contributed by atoms with E-state index < -0.39 is 6.04 Å². The topological polar surface area (TPSA) is 101 Å². The zero-order chi connectivity index (χ0) is 22.5. The van der Waals surface area contributed by atoms with Gasteiger partial charge in [-0.15, -0.1) is 0 Å². The lowest BCUT2D eigenvalue weighted by atomic mass is 9.94. The van der Waals surface area contributed by atoms with Crippen LogP contribution >= 0.6 is 11.5 Å². The van der Waals surface area contributed by atoms with Gasteiger partial charge in [0.25, 0.3) is 0 Å². The number of aryl methyl sites for hydroxylation is 1. The van der Waals surface area contributed by atoms with Crippen LogP contribution in [0.2, 0.25) is 0 Å². The van der Waals surface area contributed by atoms with Crippen LogP contribution in [0, 0.1) is 18.3 Å². The lowest BCUT2D eigenvalue weighted by Crippen LogP contribution is -2.23. The fourth-order valence-corrected chi connectivity index (χ4v) is 4.06. The van der Waals surface area contributed by atoms with E-state index in [2.05, 4.69) is 25.7 Å². The van der Waals surface area contributed by atoms with E-state index in [0.29, 0.717) is 34.1 Å². The van der Waals surface area contributed by atoms with Gasteiger partial charge in [-0.05, 0) is 30.1 Å². The van der Waals surface area contributed by atoms with Gasteiger partial charge < -0.3 is 10.1 Å². The molecule has 2 heterocycles. The molecule has 1 N–H and O–H groups in total. The number of nitriles is 1. The average Bonchev–Trinajstić information content (AvgIpc) is 3.32. The molecule has 0 amide bonds. The van der Waals surface area contributed by atoms with Crippen LogP contribution in [0.5, 0.6) is 5.88 Å². The van der Waals surface area contributed by atoms with E-state index in [-0.39, 0.29) is 5.78 Å². The minimum atomic E-state index is -0.758. The predicted molar refractivity (Wildman–Crippen MR) is 123 cm³/mol. The summed E-state index contributed by atoms with van der Waals surface area (Å²) in [6, 6.07) is 16.3. The Morgan fingerprint density at radius 2 is 2.00 bits per heavy atom. The number of rotatable bonds is 7. The molecule has 4 aromatic rings. The molecule has 0 saturated carbocycles. The lowest BCUT2D eigenvalue weighted by Gasteiger charge is -2.19. The summed E-state index contributed by atoms with van der Waals surface area (Å²) in [7, 11) is 1.51. The van der Waals surface area contributed by atoms with Crippen LogP contribution in [0.4, 0.5) is 5.82 Å². The monoisotopic (exact) mass is 441 g/mol. The number of methoxy groups -OCH3 is 1. The van der Waals surface area contributed by atoms with Gasteiger partial charge in [0.05, 0.1) is 31.1 Å². The smallest absolute Gasteiger partial charge is 0.233 e. The van der Waals surface area contributed by atoms with Crippen LogP contribution in [0.1, 0.15) is 33.2 Å². The highest BCUT2D eigenvalue weighted by Crippen LogP contribution is 2.32. The number of ketones is 1. The number of hydrogen-bond donors (Lipinski definition) is 1. The van der Waals surface area contributed by atoms with Crippen LogP contribution in [0.3, 0.4) is 0 Å². The van der Waals surface area contributed by atoms with Crippen LogP contribution < -0.4 is 10.1 Å². The molecule has 0 aliphatic heterocycles. The maximum atomic E-state index is 13.8. The predicted octanol–water partition coefficient (Wildman–Crippen LogP) is 4.82. The van der Waals surface area contributed by atoms with Gasteiger partial charge in [-0.2, -0.15) is 14.6 Å². The summed E-state index contributed by atoms with van der Waals surface area (Å²) in [5.41, 5.74) is 3.89. The Morgan fingerprint density at radius 3 is 2.78 bits per heavy atom. The zero-order valence-corrected chi connectivity index (χ0v) is 18.3. The fraction of sp³-hybridized carbons (Fsp3) is 0.125. The third-order valence-corrected chi connectivity index (χ3v) is 5.52. The third kappa shape index (κ3) is 4.33. The van der Waals surface area contributed by atoms with Gasteiger partial charge in [0.1, 0.15) is 17.6 Å². The molecule has 7 nitrogen and oxygen atoms in total. The van der Waals surface area contributed by atoms with Gasteiger partial charge in [0, 0.05) is 16.5 Å². The van der Waals surface area contributed by atoms with Crippen molar-refractivity contribution in [3.8, 4) is 23.1 Å². The first-order valence-corrected chi connectivity index (χ1v) is 10.6. The van der Waals surface area contributed by atoms with Gasteiger partial charge in [-0.1, -0.05) is 48.0 Å². The van der Waals surface area contributed by atoms with E-state index in [1.165, 1.54) is 31.0 Å². The molecular formula is C24H19N5O2S. The van der Waals surface area contributed by atoms with Crippen LogP contribution in [-0.4, -0.2) is 27.2 Å². The lowest BCUT2D eigenvalue weighted by molar-refractivity contribution is 0.0966. The third-order valence-electron chi connectivity index (χ3n) is 4.89. The molecule has 1 unspecified atom stereocenters. The molecule has 0 aliphatic rings. The van der Waals surface area contributed by atoms with E-state index in [1.807, 2.05) is 43.3 Å². The second-order valence-corrected chi connectivity index (χ2v) is 7.67. The largest absolute Gasteiger partial charge is 0.480 e. The number of Topliss-reactive ketones (excluding diaryl/α,β-unsaturated/α-hetero) is 1. The van der Waals surface area contributed by atoms with E-state index in [4.69, 9.17) is 4.74 Å². The minimum absolute atomic E-state index is 0.232. The second-order valence-electron chi connectivity index (χ2n) is 7.04. The van der Waals surface area contributed by atoms with Gasteiger partial charge in [-0.3, -0.25) is 9.78 Å². The van der Waals surface area contributed by atoms with Crippen LogP contribution in [0.25, 0.3) is 11.1 Å². The van der Waals surface area contributed by atoms with Crippen molar-refractivity contribution in [3.63, 3.8) is 0 Å². The maximum absolute atomic E-state index is 13.8. The molecule has 4 rings (SSSR count). The summed E-state index contributed by atoms with van der Waals surface area (Å²) in [5, 5.41) is 14.5. The first kappa shape index (κ1) is 21.2. The quantitative estimate of drug-likeness (QED) is 0.410. The van der Waals surface area contributed by atoms with Crippen molar-refractivity contribution in [2.24, 2.45) is 0 Å². The first-order chi connectivity index (χ1) is 15.6. The highest BCUT2D eigenvalue weighted by Gasteiger charge is 2.28. The van der Waals surface area contributed by atoms with E-state index >= 15 is 0 Å². The normalized spacial score (nSPS) is 11.4. The highest BCUT2D eigenvalue weighted by molar-refractivity contribution is 7.04. The number of ether oxygens (including phenoxy) is 1. The summed E-state index contributed by atoms with van der Waals surface area (Å²) < 4.78 is 9.55. The molecule has 0 aliphatic carbocycles. The average molecular weight is 442 g/mol. The second kappa shape index (κ2) is 9.37. The van der Waals surface area contributed by atoms with Crippen molar-refractivity contribution in [3.05, 3.63) is 88.7 Å². The number of aromatic nitrogens is 3. The molecule has 8 heteroatoms. The van der Waals surface area contributed by atoms with Gasteiger partial charge in [0.15, 0.2) is 0 Å². The number of hydrogen-bond acceptors (Lipinski definition) is 8. The molecule has 0 radical (unpaired) electrons. The van der Waals surface area contributed by atoms with Crippen molar-refractivity contribution < 1.29 is 9.53 Å². The van der Waals surface area contributed by atoms with Crippen molar-refractivity contribution >= 4 is 23.1 Å². The number of benzene rings is 2. The van der Waals surface area contributed by atoms with Crippen molar-refractivity contribution in [1.29, 1.82) is 5.26 Å². The van der Waals surface area contributed by atoms with Gasteiger partial charge in [0.2, 0.25) is 11.7 Å². The Hall–Kier alpha value is -4.09. The summed E-state index contributed by atoms with van der Waals surface area (Å²) >= 11 is 1.18. The Bertz CT molecular complexity index is 1310. The molecular weight excluding hydrogens is 422 g/mol. The Labute approximate surface area is 189 Å². The molecule has 2 aromatic heterocycles. The van der Waals surface area contributed by atoms with E-state index in [9.17, 15) is 10.1 Å². The Balaban J connectivity index is 1.78. The Kier molecular flexibility index (Phi) is 6.19. The molecule has 1 atom stereocenters. The number of nitrogens with zero attached hydrogens (tertiary/aromatic N) is 4. The summed E-state index contributed by atoms with van der Waals surface area (Å²) in [4.78, 5) is 22.3. The molecule has 0 fully saturated rings. The molecule has 0 saturated heterocycles. The van der Waals surface area contributed by atoms with Crippen molar-refractivity contribution in [2.75, 3.05) is 12.4 Å². The van der Waals surface area contributed by atoms with Gasteiger partial charge >= 0.3 is 0 Å². The molecule has 2 aromatic carbocycles. The maximum Gasteiger partial charge on any atom is 0.233 e. The standard InChI is InChI=1S/C24H19N5O2S/c1-15-6-5-8-16(10-15)22(28-20-12-26-13-21(27-20)31-2)24(30)23-19(14-32-29-23)18-9-4-3-7-17(18)11-25/h3-10,12-14,22H,1-2H3,(H,27,28).